The first-order chi connectivity index (χ1) is 13.1. The lowest BCUT2D eigenvalue weighted by Crippen LogP contribution is -2.43. The Morgan fingerprint density at radius 2 is 2.11 bits per heavy atom. The van der Waals surface area contributed by atoms with Crippen molar-refractivity contribution in [1.82, 2.24) is 9.88 Å². The predicted octanol–water partition coefficient (Wildman–Crippen LogP) is 2.07. The largest absolute Gasteiger partial charge is 0.479 e. The summed E-state index contributed by atoms with van der Waals surface area (Å²) in [5.41, 5.74) is 2.00. The standard InChI is InChI=1S/C20H20N2O5/c23-19(14-5-8-21-17(11-14)27-15-7-10-26-12-15)22-9-6-13-3-1-2-4-16(13)18(22)20(24)25/h1-5,8,11,15,18H,6-7,9-10,12H2,(H,24,25). The Morgan fingerprint density at radius 3 is 2.89 bits per heavy atom. The van der Waals surface area contributed by atoms with Crippen LogP contribution in [0.25, 0.3) is 0 Å². The number of aliphatic carboxylic acids is 1. The number of pyridine rings is 1. The highest BCUT2D eigenvalue weighted by atomic mass is 16.5. The highest BCUT2D eigenvalue weighted by molar-refractivity contribution is 5.97. The highest BCUT2D eigenvalue weighted by Crippen LogP contribution is 2.31. The second-order valence-electron chi connectivity index (χ2n) is 6.67. The summed E-state index contributed by atoms with van der Waals surface area (Å²) in [6, 6.07) is 9.52. The van der Waals surface area contributed by atoms with Gasteiger partial charge in [0.25, 0.3) is 5.91 Å². The zero-order valence-electron chi connectivity index (χ0n) is 14.7. The molecule has 3 heterocycles. The molecule has 1 aromatic carbocycles. The van der Waals surface area contributed by atoms with Crippen LogP contribution in [0.15, 0.2) is 42.6 Å². The van der Waals surface area contributed by atoms with Crippen molar-refractivity contribution in [1.29, 1.82) is 0 Å². The summed E-state index contributed by atoms with van der Waals surface area (Å²) < 4.78 is 11.0. The molecule has 7 heteroatoms. The van der Waals surface area contributed by atoms with Gasteiger partial charge in [0, 0.05) is 30.8 Å². The number of carbonyl (C=O) groups is 2. The Kier molecular flexibility index (Phi) is 4.77. The molecule has 1 N–H and O–H groups in total. The van der Waals surface area contributed by atoms with Gasteiger partial charge >= 0.3 is 5.97 Å². The van der Waals surface area contributed by atoms with Crippen molar-refractivity contribution in [3.63, 3.8) is 0 Å². The van der Waals surface area contributed by atoms with Gasteiger partial charge in [-0.15, -0.1) is 0 Å². The van der Waals surface area contributed by atoms with Crippen LogP contribution >= 0.6 is 0 Å². The van der Waals surface area contributed by atoms with Gasteiger partial charge in [-0.1, -0.05) is 24.3 Å². The van der Waals surface area contributed by atoms with E-state index < -0.39 is 12.0 Å². The SMILES string of the molecule is O=C(O)C1c2ccccc2CCN1C(=O)c1ccnc(OC2CCOC2)c1. The molecule has 0 saturated carbocycles. The van der Waals surface area contributed by atoms with Crippen LogP contribution in [0.5, 0.6) is 5.88 Å². The van der Waals surface area contributed by atoms with Crippen LogP contribution in [-0.4, -0.2) is 52.7 Å². The fraction of sp³-hybridized carbons (Fsp3) is 0.350. The van der Waals surface area contributed by atoms with Gasteiger partial charge in [-0.3, -0.25) is 4.79 Å². The molecule has 2 aliphatic rings. The van der Waals surface area contributed by atoms with Crippen LogP contribution in [-0.2, 0) is 16.0 Å². The number of aromatic nitrogens is 1. The van der Waals surface area contributed by atoms with E-state index in [9.17, 15) is 14.7 Å². The second-order valence-corrected chi connectivity index (χ2v) is 6.67. The van der Waals surface area contributed by atoms with Crippen molar-refractivity contribution in [2.75, 3.05) is 19.8 Å². The van der Waals surface area contributed by atoms with Crippen molar-refractivity contribution in [2.45, 2.75) is 25.0 Å². The molecule has 7 nitrogen and oxygen atoms in total. The molecule has 1 amide bonds. The molecule has 2 atom stereocenters. The molecular formula is C20H20N2O5. The number of nitrogens with zero attached hydrogens (tertiary/aromatic N) is 2. The summed E-state index contributed by atoms with van der Waals surface area (Å²) in [6.07, 6.45) is 2.84. The average molecular weight is 368 g/mol. The van der Waals surface area contributed by atoms with Gasteiger partial charge in [0.2, 0.25) is 5.88 Å². The quantitative estimate of drug-likeness (QED) is 0.889. The summed E-state index contributed by atoms with van der Waals surface area (Å²) in [4.78, 5) is 30.5. The third-order valence-electron chi connectivity index (χ3n) is 4.94. The fourth-order valence-corrected chi connectivity index (χ4v) is 3.60. The molecule has 0 radical (unpaired) electrons. The number of fused-ring (bicyclic) bond motifs is 1. The lowest BCUT2D eigenvalue weighted by Gasteiger charge is -2.34. The molecule has 1 fully saturated rings. The first-order valence-corrected chi connectivity index (χ1v) is 8.95. The maximum absolute atomic E-state index is 13.1. The molecule has 0 spiro atoms. The van der Waals surface area contributed by atoms with E-state index in [2.05, 4.69) is 4.98 Å². The van der Waals surface area contributed by atoms with Crippen LogP contribution in [0.2, 0.25) is 0 Å². The van der Waals surface area contributed by atoms with E-state index in [-0.39, 0.29) is 12.0 Å². The number of carboxylic acid groups (broad SMARTS) is 1. The first kappa shape index (κ1) is 17.5. The van der Waals surface area contributed by atoms with Crippen LogP contribution in [0, 0.1) is 0 Å². The number of hydrogen-bond donors (Lipinski definition) is 1. The number of amides is 1. The summed E-state index contributed by atoms with van der Waals surface area (Å²) in [6.45, 7) is 1.50. The monoisotopic (exact) mass is 368 g/mol. The van der Waals surface area contributed by atoms with Gasteiger partial charge in [0.15, 0.2) is 6.04 Å². The number of benzene rings is 1. The maximum atomic E-state index is 13.1. The number of carboxylic acids is 1. The lowest BCUT2D eigenvalue weighted by molar-refractivity contribution is -0.143. The van der Waals surface area contributed by atoms with Crippen molar-refractivity contribution in [2.24, 2.45) is 0 Å². The summed E-state index contributed by atoms with van der Waals surface area (Å²) in [7, 11) is 0. The Morgan fingerprint density at radius 1 is 1.26 bits per heavy atom. The lowest BCUT2D eigenvalue weighted by atomic mass is 9.92. The van der Waals surface area contributed by atoms with Gasteiger partial charge in [-0.05, 0) is 23.6 Å². The first-order valence-electron chi connectivity index (χ1n) is 8.95. The number of rotatable bonds is 4. The van der Waals surface area contributed by atoms with Gasteiger partial charge in [-0.25, -0.2) is 9.78 Å². The van der Waals surface area contributed by atoms with E-state index in [1.165, 1.54) is 11.1 Å². The fourth-order valence-electron chi connectivity index (χ4n) is 3.60. The van der Waals surface area contributed by atoms with Crippen LogP contribution in [0.1, 0.15) is 33.9 Å². The molecule has 0 bridgehead atoms. The van der Waals surface area contributed by atoms with E-state index in [0.29, 0.717) is 43.2 Å². The van der Waals surface area contributed by atoms with Crippen molar-refractivity contribution in [3.8, 4) is 5.88 Å². The molecule has 2 unspecified atom stereocenters. The molecular weight excluding hydrogens is 348 g/mol. The van der Waals surface area contributed by atoms with Gasteiger partial charge in [0.1, 0.15) is 6.10 Å². The van der Waals surface area contributed by atoms with Crippen molar-refractivity contribution in [3.05, 3.63) is 59.3 Å². The maximum Gasteiger partial charge on any atom is 0.331 e. The number of carbonyl (C=O) groups excluding carboxylic acids is 1. The minimum atomic E-state index is -1.04. The van der Waals surface area contributed by atoms with Crippen LogP contribution in [0.3, 0.4) is 0 Å². The van der Waals surface area contributed by atoms with E-state index in [0.717, 1.165) is 12.0 Å². The molecule has 1 aromatic heterocycles. The summed E-state index contributed by atoms with van der Waals surface area (Å²) in [5, 5.41) is 9.75. The van der Waals surface area contributed by atoms with Crippen molar-refractivity contribution < 1.29 is 24.2 Å². The Labute approximate surface area is 156 Å². The number of hydrogen-bond acceptors (Lipinski definition) is 5. The van der Waals surface area contributed by atoms with E-state index >= 15 is 0 Å². The minimum absolute atomic E-state index is 0.0727. The molecule has 0 aliphatic carbocycles. The van der Waals surface area contributed by atoms with Gasteiger partial charge in [-0.2, -0.15) is 0 Å². The molecule has 27 heavy (non-hydrogen) atoms. The number of ether oxygens (including phenoxy) is 2. The van der Waals surface area contributed by atoms with Crippen LogP contribution < -0.4 is 4.74 Å². The Hall–Kier alpha value is -2.93. The minimum Gasteiger partial charge on any atom is -0.479 e. The Balaban J connectivity index is 1.59. The third-order valence-corrected chi connectivity index (χ3v) is 4.94. The average Bonchev–Trinajstić information content (AvgIpc) is 3.19. The van der Waals surface area contributed by atoms with E-state index in [1.54, 1.807) is 24.3 Å². The normalized spacial score (nSPS) is 21.6. The van der Waals surface area contributed by atoms with Gasteiger partial charge < -0.3 is 19.5 Å². The summed E-state index contributed by atoms with van der Waals surface area (Å²) in [5.74, 6) is -1.03. The smallest absolute Gasteiger partial charge is 0.331 e. The predicted molar refractivity (Wildman–Crippen MR) is 95.6 cm³/mol. The summed E-state index contributed by atoms with van der Waals surface area (Å²) >= 11 is 0. The molecule has 140 valence electrons. The van der Waals surface area contributed by atoms with Crippen LogP contribution in [0.4, 0.5) is 0 Å². The zero-order chi connectivity index (χ0) is 18.8. The zero-order valence-corrected chi connectivity index (χ0v) is 14.7. The molecule has 2 aromatic rings. The topological polar surface area (TPSA) is 89.0 Å². The van der Waals surface area contributed by atoms with Gasteiger partial charge in [0.05, 0.1) is 13.2 Å². The molecule has 4 rings (SSSR count). The molecule has 2 aliphatic heterocycles. The van der Waals surface area contributed by atoms with E-state index in [4.69, 9.17) is 9.47 Å². The van der Waals surface area contributed by atoms with Crippen molar-refractivity contribution >= 4 is 11.9 Å². The Bertz CT molecular complexity index is 863. The highest BCUT2D eigenvalue weighted by Gasteiger charge is 2.36. The second kappa shape index (κ2) is 7.36. The third kappa shape index (κ3) is 3.50. The van der Waals surface area contributed by atoms with E-state index in [1.807, 2.05) is 12.1 Å². The molecule has 1 saturated heterocycles.